The highest BCUT2D eigenvalue weighted by molar-refractivity contribution is 6.31. The van der Waals surface area contributed by atoms with Gasteiger partial charge in [-0.2, -0.15) is 0 Å². The van der Waals surface area contributed by atoms with Crippen molar-refractivity contribution in [2.45, 2.75) is 43.6 Å². The maximum atomic E-state index is 13.6. The zero-order valence-electron chi connectivity index (χ0n) is 25.1. The van der Waals surface area contributed by atoms with Crippen LogP contribution in [0.2, 0.25) is 10.0 Å². The Morgan fingerprint density at radius 2 is 1.75 bits per heavy atom. The van der Waals surface area contributed by atoms with Crippen LogP contribution in [0.4, 0.5) is 4.79 Å². The van der Waals surface area contributed by atoms with Crippen LogP contribution in [0, 0.1) is 0 Å². The first-order valence-electron chi connectivity index (χ1n) is 15.0. The summed E-state index contributed by atoms with van der Waals surface area (Å²) in [5.41, 5.74) is 4.02. The van der Waals surface area contributed by atoms with Crippen LogP contribution in [-0.4, -0.2) is 83.5 Å². The molecule has 13 nitrogen and oxygen atoms in total. The normalized spacial score (nSPS) is 22.5. The molecule has 2 aliphatic heterocycles. The monoisotopic (exact) mass is 693 g/mol. The number of benzene rings is 3. The second kappa shape index (κ2) is 13.2. The predicted molar refractivity (Wildman–Crippen MR) is 172 cm³/mol. The molecule has 1 saturated heterocycles. The lowest BCUT2D eigenvalue weighted by atomic mass is 9.92. The molecule has 48 heavy (non-hydrogen) atoms. The van der Waals surface area contributed by atoms with Crippen molar-refractivity contribution in [1.82, 2.24) is 24.9 Å². The average Bonchev–Trinajstić information content (AvgIpc) is 3.72. The number of aromatic nitrogens is 4. The number of H-pyrrole nitrogens is 1. The van der Waals surface area contributed by atoms with Crippen molar-refractivity contribution in [2.24, 2.45) is 0 Å². The van der Waals surface area contributed by atoms with E-state index in [-0.39, 0.29) is 6.61 Å². The van der Waals surface area contributed by atoms with Gasteiger partial charge in [-0.1, -0.05) is 40.5 Å². The van der Waals surface area contributed by atoms with E-state index in [1.807, 2.05) is 30.3 Å². The van der Waals surface area contributed by atoms with Gasteiger partial charge in [0, 0.05) is 33.2 Å². The number of carbonyl (C=O) groups is 2. The molecule has 0 aliphatic carbocycles. The predicted octanol–water partition coefficient (Wildman–Crippen LogP) is 3.97. The summed E-state index contributed by atoms with van der Waals surface area (Å²) >= 11 is 12.3. The topological polar surface area (TPSA) is 172 Å². The third-order valence-corrected chi connectivity index (χ3v) is 8.93. The van der Waals surface area contributed by atoms with Gasteiger partial charge in [0.25, 0.3) is 0 Å². The molecule has 7 rings (SSSR count). The molecule has 0 spiro atoms. The quantitative estimate of drug-likeness (QED) is 0.195. The van der Waals surface area contributed by atoms with Crippen molar-refractivity contribution in [3.05, 3.63) is 105 Å². The summed E-state index contributed by atoms with van der Waals surface area (Å²) in [6.07, 6.45) is -4.31. The number of hydrogen-bond acceptors (Lipinski definition) is 10. The molecular weight excluding hydrogens is 665 g/mol. The summed E-state index contributed by atoms with van der Waals surface area (Å²) < 4.78 is 18.2. The van der Waals surface area contributed by atoms with Crippen LogP contribution in [0.1, 0.15) is 34.8 Å². The molecule has 5 aromatic rings. The Kier molecular flexibility index (Phi) is 8.81. The van der Waals surface area contributed by atoms with Gasteiger partial charge in [0.2, 0.25) is 12.0 Å². The number of aromatic amines is 1. The number of aliphatic hydroxyl groups excluding tert-OH is 3. The van der Waals surface area contributed by atoms with Gasteiger partial charge in [-0.15, -0.1) is 5.10 Å². The van der Waals surface area contributed by atoms with Crippen LogP contribution in [0.15, 0.2) is 72.9 Å². The van der Waals surface area contributed by atoms with Gasteiger partial charge in [-0.05, 0) is 72.1 Å². The third kappa shape index (κ3) is 6.12. The van der Waals surface area contributed by atoms with Crippen molar-refractivity contribution in [3.63, 3.8) is 0 Å². The number of carbonyl (C=O) groups excluding carboxylic acids is 2. The number of aliphatic hydroxyl groups is 3. The Balaban J connectivity index is 1.10. The lowest BCUT2D eigenvalue weighted by molar-refractivity contribution is -0.202. The summed E-state index contributed by atoms with van der Waals surface area (Å²) in [6, 6.07) is 19.0. The summed E-state index contributed by atoms with van der Waals surface area (Å²) in [5, 5.41) is 39.5. The molecule has 0 bridgehead atoms. The smallest absolute Gasteiger partial charge is 0.416 e. The van der Waals surface area contributed by atoms with E-state index in [2.05, 4.69) is 15.3 Å². The maximum Gasteiger partial charge on any atom is 0.416 e. The van der Waals surface area contributed by atoms with Crippen LogP contribution in [0.3, 0.4) is 0 Å². The fourth-order valence-corrected chi connectivity index (χ4v) is 6.34. The first-order chi connectivity index (χ1) is 23.2. The maximum absolute atomic E-state index is 13.6. The molecule has 1 amide bonds. The highest BCUT2D eigenvalue weighted by atomic mass is 35.5. The number of hydrogen-bond donors (Lipinski definition) is 4. The van der Waals surface area contributed by atoms with E-state index in [1.165, 1.54) is 6.20 Å². The van der Waals surface area contributed by atoms with E-state index in [9.17, 15) is 24.9 Å². The summed E-state index contributed by atoms with van der Waals surface area (Å²) in [4.78, 5) is 31.2. The highest BCUT2D eigenvalue weighted by Gasteiger charge is 2.44. The number of ketones is 1. The lowest BCUT2D eigenvalue weighted by Crippen LogP contribution is -2.54. The first-order valence-corrected chi connectivity index (χ1v) is 15.8. The van der Waals surface area contributed by atoms with Crippen molar-refractivity contribution >= 4 is 46.0 Å². The molecule has 15 heteroatoms. The Labute approximate surface area is 283 Å². The van der Waals surface area contributed by atoms with Crippen LogP contribution < -0.4 is 9.47 Å². The zero-order chi connectivity index (χ0) is 33.5. The minimum atomic E-state index is -1.74. The van der Waals surface area contributed by atoms with E-state index in [1.54, 1.807) is 41.3 Å². The molecule has 5 unspecified atom stereocenters. The van der Waals surface area contributed by atoms with Crippen LogP contribution in [0.5, 0.6) is 11.5 Å². The molecule has 3 aromatic carbocycles. The van der Waals surface area contributed by atoms with E-state index in [0.29, 0.717) is 40.2 Å². The number of nitrogens with one attached hydrogen (secondary N) is 1. The SMILES string of the molecule is O=C1C(O)C(O)C(CO)OC1n1cc(COc2ccc(C3c4[nH]c5ccc(Cl)cc5c4CCN3C(=O)Oc3ccc(Cl)cc3)cc2)nn1. The number of fused-ring (bicyclic) bond motifs is 3. The standard InChI is InChI=1S/C33H29Cl2N5O8/c34-18-3-8-22(9-4-18)47-33(45)39-12-11-23-24-13-19(35)5-10-25(24)36-27(23)28(39)17-1-6-21(7-2-17)46-16-20-14-40(38-37-20)32-31(44)30(43)29(42)26(15-41)48-32/h1-10,13-14,26,28-30,32,36,41-43H,11-12,15-16H2. The van der Waals surface area contributed by atoms with Gasteiger partial charge in [0.15, 0.2) is 0 Å². The minimum absolute atomic E-state index is 0.00917. The van der Waals surface area contributed by atoms with Crippen molar-refractivity contribution in [2.75, 3.05) is 13.2 Å². The fourth-order valence-electron chi connectivity index (χ4n) is 6.04. The van der Waals surface area contributed by atoms with Crippen LogP contribution in [-0.2, 0) is 22.6 Å². The first kappa shape index (κ1) is 32.1. The van der Waals surface area contributed by atoms with Gasteiger partial charge in [-0.25, -0.2) is 9.48 Å². The average molecular weight is 695 g/mol. The van der Waals surface area contributed by atoms with Gasteiger partial charge in [-0.3, -0.25) is 9.69 Å². The fraction of sp³-hybridized carbons (Fsp3) is 0.273. The largest absolute Gasteiger partial charge is 0.487 e. The summed E-state index contributed by atoms with van der Waals surface area (Å²) in [7, 11) is 0. The van der Waals surface area contributed by atoms with Gasteiger partial charge in [0.1, 0.15) is 48.2 Å². The molecule has 4 heterocycles. The molecule has 2 aromatic heterocycles. The Hall–Kier alpha value is -4.50. The van der Waals surface area contributed by atoms with Gasteiger partial charge >= 0.3 is 6.09 Å². The molecule has 0 radical (unpaired) electrons. The number of nitrogens with zero attached hydrogens (tertiary/aromatic N) is 4. The van der Waals surface area contributed by atoms with Crippen molar-refractivity contribution < 1.29 is 39.1 Å². The summed E-state index contributed by atoms with van der Waals surface area (Å²) in [5.74, 6) is 0.0709. The minimum Gasteiger partial charge on any atom is -0.487 e. The second-order valence-electron chi connectivity index (χ2n) is 11.5. The Morgan fingerprint density at radius 1 is 1.02 bits per heavy atom. The van der Waals surface area contributed by atoms with E-state index < -0.39 is 49.1 Å². The van der Waals surface area contributed by atoms with Gasteiger partial charge in [0.05, 0.1) is 12.8 Å². The molecular formula is C33H29Cl2N5O8. The third-order valence-electron chi connectivity index (χ3n) is 8.45. The molecule has 2 aliphatic rings. The van der Waals surface area contributed by atoms with E-state index >= 15 is 0 Å². The lowest BCUT2D eigenvalue weighted by Gasteiger charge is -2.35. The van der Waals surface area contributed by atoms with Gasteiger partial charge < -0.3 is 34.5 Å². The number of halogens is 2. The molecule has 4 N–H and O–H groups in total. The molecule has 1 fully saturated rings. The number of Topliss-reactive ketones (excluding diaryl/α,β-unsaturated/α-hetero) is 1. The Morgan fingerprint density at radius 3 is 2.50 bits per heavy atom. The molecule has 248 valence electrons. The second-order valence-corrected chi connectivity index (χ2v) is 12.3. The number of amides is 1. The highest BCUT2D eigenvalue weighted by Crippen LogP contribution is 2.40. The molecule has 0 saturated carbocycles. The van der Waals surface area contributed by atoms with Crippen LogP contribution >= 0.6 is 23.2 Å². The number of rotatable bonds is 7. The zero-order valence-corrected chi connectivity index (χ0v) is 26.6. The van der Waals surface area contributed by atoms with Crippen molar-refractivity contribution in [3.8, 4) is 11.5 Å². The summed E-state index contributed by atoms with van der Waals surface area (Å²) in [6.45, 7) is -0.203. The van der Waals surface area contributed by atoms with E-state index in [0.717, 1.165) is 32.4 Å². The Bertz CT molecular complexity index is 1970. The van der Waals surface area contributed by atoms with Crippen LogP contribution in [0.25, 0.3) is 10.9 Å². The number of ether oxygens (including phenoxy) is 3. The van der Waals surface area contributed by atoms with Crippen molar-refractivity contribution in [1.29, 1.82) is 0 Å². The molecule has 5 atom stereocenters. The van der Waals surface area contributed by atoms with E-state index in [4.69, 9.17) is 37.4 Å².